The predicted molar refractivity (Wildman–Crippen MR) is 123 cm³/mol. The van der Waals surface area contributed by atoms with E-state index in [0.717, 1.165) is 44.1 Å². The van der Waals surface area contributed by atoms with Crippen molar-refractivity contribution in [3.63, 3.8) is 0 Å². The minimum atomic E-state index is 0.0635. The molecule has 5 rings (SSSR count). The van der Waals surface area contributed by atoms with Gasteiger partial charge in [-0.1, -0.05) is 66.2 Å². The summed E-state index contributed by atoms with van der Waals surface area (Å²) in [6.07, 6.45) is 0. The van der Waals surface area contributed by atoms with Crippen LogP contribution in [0.4, 0.5) is 0 Å². The maximum absolute atomic E-state index is 13.3. The van der Waals surface area contributed by atoms with Crippen molar-refractivity contribution >= 4 is 33.4 Å². The molecular weight excluding hydrogens is 378 g/mol. The molecule has 5 aromatic rings. The quantitative estimate of drug-likeness (QED) is 0.305. The second-order valence-corrected chi connectivity index (χ2v) is 7.63. The lowest BCUT2D eigenvalue weighted by Gasteiger charge is -2.16. The number of pyridine rings is 1. The Morgan fingerprint density at radius 1 is 0.655 bits per heavy atom. The van der Waals surface area contributed by atoms with Gasteiger partial charge < -0.3 is 4.57 Å². The van der Waals surface area contributed by atoms with E-state index >= 15 is 0 Å². The summed E-state index contributed by atoms with van der Waals surface area (Å²) in [5.74, 6) is 0. The minimum absolute atomic E-state index is 0.0635. The molecule has 0 N–H and O–H groups in total. The number of para-hydroxylation sites is 1. The zero-order chi connectivity index (χ0) is 20.0. The van der Waals surface area contributed by atoms with E-state index < -0.39 is 0 Å². The lowest BCUT2D eigenvalue weighted by molar-refractivity contribution is 1.00. The molecule has 1 aromatic heterocycles. The van der Waals surface area contributed by atoms with Crippen LogP contribution in [0.25, 0.3) is 44.1 Å². The first-order chi connectivity index (χ1) is 14.1. The summed E-state index contributed by atoms with van der Waals surface area (Å²) in [5.41, 5.74) is 6.16. The van der Waals surface area contributed by atoms with E-state index in [1.807, 2.05) is 79.8 Å². The summed E-state index contributed by atoms with van der Waals surface area (Å²) in [7, 11) is 2.01. The van der Waals surface area contributed by atoms with Crippen LogP contribution in [0.15, 0.2) is 95.8 Å². The number of nitrogens with zero attached hydrogens (tertiary/aromatic N) is 1. The van der Waals surface area contributed by atoms with Crippen LogP contribution in [0.5, 0.6) is 0 Å². The van der Waals surface area contributed by atoms with Gasteiger partial charge in [-0.05, 0) is 58.7 Å². The Bertz CT molecular complexity index is 1420. The molecule has 2 nitrogen and oxygen atoms in total. The summed E-state index contributed by atoms with van der Waals surface area (Å²) in [6, 6.07) is 29.9. The topological polar surface area (TPSA) is 22.0 Å². The van der Waals surface area contributed by atoms with Crippen LogP contribution in [0.2, 0.25) is 5.02 Å². The first-order valence-corrected chi connectivity index (χ1v) is 9.88. The van der Waals surface area contributed by atoms with E-state index in [9.17, 15) is 4.79 Å². The van der Waals surface area contributed by atoms with E-state index in [1.54, 1.807) is 0 Å². The number of hydrogen-bond donors (Lipinski definition) is 0. The van der Waals surface area contributed by atoms with Gasteiger partial charge in [0.05, 0.1) is 11.0 Å². The smallest absolute Gasteiger partial charge is 0.197 e. The molecule has 0 radical (unpaired) electrons. The van der Waals surface area contributed by atoms with Crippen molar-refractivity contribution in [2.24, 2.45) is 7.05 Å². The van der Waals surface area contributed by atoms with Crippen LogP contribution >= 0.6 is 11.6 Å². The fraction of sp³-hybridized carbons (Fsp3) is 0.0385. The number of benzene rings is 4. The van der Waals surface area contributed by atoms with Crippen molar-refractivity contribution in [2.75, 3.05) is 0 Å². The van der Waals surface area contributed by atoms with Gasteiger partial charge in [-0.25, -0.2) is 0 Å². The molecule has 1 heterocycles. The molecule has 0 fully saturated rings. The highest BCUT2D eigenvalue weighted by Gasteiger charge is 2.15. The van der Waals surface area contributed by atoms with E-state index in [1.165, 1.54) is 0 Å². The summed E-state index contributed by atoms with van der Waals surface area (Å²) >= 11 is 6.12. The first kappa shape index (κ1) is 17.7. The molecule has 0 amide bonds. The molecule has 0 unspecified atom stereocenters. The molecule has 29 heavy (non-hydrogen) atoms. The molecule has 0 spiro atoms. The number of aryl methyl sites for hydroxylation is 1. The normalized spacial score (nSPS) is 11.2. The molecule has 0 aliphatic carbocycles. The van der Waals surface area contributed by atoms with Gasteiger partial charge in [0.1, 0.15) is 0 Å². The molecule has 0 saturated carbocycles. The van der Waals surface area contributed by atoms with Gasteiger partial charge in [-0.2, -0.15) is 0 Å². The van der Waals surface area contributed by atoms with Crippen LogP contribution in [0, 0.1) is 0 Å². The zero-order valence-electron chi connectivity index (χ0n) is 15.9. The highest BCUT2D eigenvalue weighted by molar-refractivity contribution is 6.30. The molecule has 0 aliphatic rings. The third kappa shape index (κ3) is 2.93. The largest absolute Gasteiger partial charge is 0.343 e. The Balaban J connectivity index is 1.93. The highest BCUT2D eigenvalue weighted by Crippen LogP contribution is 2.36. The molecule has 0 atom stereocenters. The Morgan fingerprint density at radius 2 is 1.28 bits per heavy atom. The molecule has 0 aliphatic heterocycles. The molecule has 3 heteroatoms. The highest BCUT2D eigenvalue weighted by atomic mass is 35.5. The van der Waals surface area contributed by atoms with Gasteiger partial charge in [0.2, 0.25) is 0 Å². The first-order valence-electron chi connectivity index (χ1n) is 9.50. The zero-order valence-corrected chi connectivity index (χ0v) is 16.6. The van der Waals surface area contributed by atoms with Gasteiger partial charge in [0, 0.05) is 22.8 Å². The van der Waals surface area contributed by atoms with Gasteiger partial charge >= 0.3 is 0 Å². The average molecular weight is 396 g/mol. The predicted octanol–water partition coefficient (Wildman–Crippen LogP) is 6.68. The maximum Gasteiger partial charge on any atom is 0.197 e. The summed E-state index contributed by atoms with van der Waals surface area (Å²) in [5, 5.41) is 2.16. The van der Waals surface area contributed by atoms with E-state index in [4.69, 9.17) is 11.6 Å². The fourth-order valence-electron chi connectivity index (χ4n) is 4.01. The Kier molecular flexibility index (Phi) is 4.22. The average Bonchev–Trinajstić information content (AvgIpc) is 2.78. The number of hydrogen-bond acceptors (Lipinski definition) is 1. The Morgan fingerprint density at radius 3 is 2.03 bits per heavy atom. The van der Waals surface area contributed by atoms with Gasteiger partial charge in [-0.3, -0.25) is 4.79 Å². The standard InChI is InChI=1S/C26H18ClNO/c1-28-24-10-6-5-9-20(24)26(29)23-15-21(17-7-3-2-4-8-17)22(16-25(23)28)18-11-13-19(27)14-12-18/h2-16H,1H3. The third-order valence-electron chi connectivity index (χ3n) is 5.49. The molecule has 140 valence electrons. The fourth-order valence-corrected chi connectivity index (χ4v) is 4.13. The van der Waals surface area contributed by atoms with Crippen molar-refractivity contribution in [2.45, 2.75) is 0 Å². The monoisotopic (exact) mass is 395 g/mol. The van der Waals surface area contributed by atoms with Crippen LogP contribution in [0.1, 0.15) is 0 Å². The van der Waals surface area contributed by atoms with Gasteiger partial charge in [0.25, 0.3) is 0 Å². The van der Waals surface area contributed by atoms with Gasteiger partial charge in [0.15, 0.2) is 5.43 Å². The molecular formula is C26H18ClNO. The number of aromatic nitrogens is 1. The number of rotatable bonds is 2. The van der Waals surface area contributed by atoms with E-state index in [-0.39, 0.29) is 5.43 Å². The SMILES string of the molecule is Cn1c2ccccc2c(=O)c2cc(-c3ccccc3)c(-c3ccc(Cl)cc3)cc21. The minimum Gasteiger partial charge on any atom is -0.343 e. The lowest BCUT2D eigenvalue weighted by Crippen LogP contribution is -2.09. The van der Waals surface area contributed by atoms with E-state index in [0.29, 0.717) is 5.02 Å². The number of halogens is 1. The second kappa shape index (κ2) is 6.91. The Hall–Kier alpha value is -3.36. The van der Waals surface area contributed by atoms with Crippen molar-refractivity contribution < 1.29 is 0 Å². The third-order valence-corrected chi connectivity index (χ3v) is 5.74. The number of fused-ring (bicyclic) bond motifs is 2. The van der Waals surface area contributed by atoms with Crippen molar-refractivity contribution in [1.29, 1.82) is 0 Å². The van der Waals surface area contributed by atoms with Crippen LogP contribution in [-0.2, 0) is 7.05 Å². The maximum atomic E-state index is 13.3. The van der Waals surface area contributed by atoms with Crippen molar-refractivity contribution in [1.82, 2.24) is 4.57 Å². The molecule has 4 aromatic carbocycles. The summed E-state index contributed by atoms with van der Waals surface area (Å²) in [4.78, 5) is 13.3. The lowest BCUT2D eigenvalue weighted by atomic mass is 9.92. The van der Waals surface area contributed by atoms with Crippen molar-refractivity contribution in [3.8, 4) is 22.3 Å². The second-order valence-electron chi connectivity index (χ2n) is 7.19. The van der Waals surface area contributed by atoms with Crippen LogP contribution < -0.4 is 5.43 Å². The van der Waals surface area contributed by atoms with Crippen molar-refractivity contribution in [3.05, 3.63) is 106 Å². The summed E-state index contributed by atoms with van der Waals surface area (Å²) < 4.78 is 2.10. The van der Waals surface area contributed by atoms with Gasteiger partial charge in [-0.15, -0.1) is 0 Å². The van der Waals surface area contributed by atoms with Crippen LogP contribution in [-0.4, -0.2) is 4.57 Å². The van der Waals surface area contributed by atoms with E-state index in [2.05, 4.69) is 22.8 Å². The summed E-state index contributed by atoms with van der Waals surface area (Å²) in [6.45, 7) is 0. The molecule has 0 bridgehead atoms. The Labute approximate surface area is 173 Å². The molecule has 0 saturated heterocycles. The van der Waals surface area contributed by atoms with Crippen LogP contribution in [0.3, 0.4) is 0 Å².